The fourth-order valence-corrected chi connectivity index (χ4v) is 2.12. The topological polar surface area (TPSA) is 43.8 Å². The quantitative estimate of drug-likeness (QED) is 0.864. The van der Waals surface area contributed by atoms with E-state index in [0.717, 1.165) is 23.4 Å². The van der Waals surface area contributed by atoms with E-state index >= 15 is 0 Å². The molecule has 1 unspecified atom stereocenters. The van der Waals surface area contributed by atoms with Crippen molar-refractivity contribution in [3.63, 3.8) is 0 Å². The highest BCUT2D eigenvalue weighted by Gasteiger charge is 2.14. The zero-order valence-electron chi connectivity index (χ0n) is 10.1. The zero-order chi connectivity index (χ0) is 12.3. The summed E-state index contributed by atoms with van der Waals surface area (Å²) in [5.74, 6) is 0.814. The van der Waals surface area contributed by atoms with Crippen molar-refractivity contribution < 1.29 is 4.39 Å². The number of nitrogens with zero attached hydrogens (tertiary/aromatic N) is 2. The molecular weight excluding hydrogens is 217 g/mol. The summed E-state index contributed by atoms with van der Waals surface area (Å²) in [6, 6.07) is 7.91. The Kier molecular flexibility index (Phi) is 3.74. The molecule has 2 N–H and O–H groups in total. The summed E-state index contributed by atoms with van der Waals surface area (Å²) in [6.07, 6.45) is -0.158. The van der Waals surface area contributed by atoms with Gasteiger partial charge in [-0.2, -0.15) is 0 Å². The van der Waals surface area contributed by atoms with Gasteiger partial charge in [0.05, 0.1) is 11.0 Å². The number of benzene rings is 1. The van der Waals surface area contributed by atoms with Gasteiger partial charge in [-0.25, -0.2) is 9.37 Å². The van der Waals surface area contributed by atoms with Gasteiger partial charge in [0.25, 0.3) is 0 Å². The monoisotopic (exact) mass is 235 g/mol. The van der Waals surface area contributed by atoms with Gasteiger partial charge < -0.3 is 10.3 Å². The molecule has 17 heavy (non-hydrogen) atoms. The first-order valence-electron chi connectivity index (χ1n) is 6.04. The average Bonchev–Trinajstić information content (AvgIpc) is 2.66. The van der Waals surface area contributed by atoms with Crippen LogP contribution < -0.4 is 5.73 Å². The van der Waals surface area contributed by atoms with Gasteiger partial charge in [-0.15, -0.1) is 0 Å². The molecule has 0 radical (unpaired) electrons. The van der Waals surface area contributed by atoms with Crippen LogP contribution >= 0.6 is 0 Å². The highest BCUT2D eigenvalue weighted by atomic mass is 19.1. The van der Waals surface area contributed by atoms with E-state index in [9.17, 15) is 4.39 Å². The fraction of sp³-hybridized carbons (Fsp3) is 0.462. The standard InChI is InChI=1S/C13H18FN3/c1-2-17-12-6-4-3-5-11(12)16-13(17)9-10(14)7-8-15/h3-6,10H,2,7-9,15H2,1H3. The molecule has 3 nitrogen and oxygen atoms in total. The lowest BCUT2D eigenvalue weighted by Gasteiger charge is -2.08. The van der Waals surface area contributed by atoms with Gasteiger partial charge in [-0.05, 0) is 32.0 Å². The lowest BCUT2D eigenvalue weighted by atomic mass is 10.2. The molecule has 1 aromatic heterocycles. The summed E-state index contributed by atoms with van der Waals surface area (Å²) in [7, 11) is 0. The number of fused-ring (bicyclic) bond motifs is 1. The van der Waals surface area contributed by atoms with E-state index in [4.69, 9.17) is 5.73 Å². The van der Waals surface area contributed by atoms with Crippen LogP contribution in [0, 0.1) is 0 Å². The number of aryl methyl sites for hydroxylation is 1. The zero-order valence-corrected chi connectivity index (χ0v) is 10.1. The minimum atomic E-state index is -0.901. The Hall–Kier alpha value is -1.42. The number of halogens is 1. The molecule has 1 heterocycles. The second-order valence-electron chi connectivity index (χ2n) is 4.14. The van der Waals surface area contributed by atoms with Crippen molar-refractivity contribution in [1.82, 2.24) is 9.55 Å². The van der Waals surface area contributed by atoms with Crippen molar-refractivity contribution >= 4 is 11.0 Å². The Labute approximate surface area is 100 Å². The number of hydrogen-bond acceptors (Lipinski definition) is 2. The highest BCUT2D eigenvalue weighted by Crippen LogP contribution is 2.18. The Bertz CT molecular complexity index is 492. The number of hydrogen-bond donors (Lipinski definition) is 1. The van der Waals surface area contributed by atoms with Gasteiger partial charge in [-0.1, -0.05) is 12.1 Å². The van der Waals surface area contributed by atoms with Crippen LogP contribution in [0.3, 0.4) is 0 Å². The highest BCUT2D eigenvalue weighted by molar-refractivity contribution is 5.75. The molecule has 4 heteroatoms. The summed E-state index contributed by atoms with van der Waals surface area (Å²) in [6.45, 7) is 3.24. The molecule has 0 aliphatic heterocycles. The van der Waals surface area contributed by atoms with Crippen molar-refractivity contribution in [2.24, 2.45) is 5.73 Å². The third kappa shape index (κ3) is 2.47. The molecular formula is C13H18FN3. The summed E-state index contributed by atoms with van der Waals surface area (Å²) >= 11 is 0. The summed E-state index contributed by atoms with van der Waals surface area (Å²) in [5, 5.41) is 0. The van der Waals surface area contributed by atoms with E-state index in [2.05, 4.69) is 9.55 Å². The molecule has 0 saturated heterocycles. The number of imidazole rings is 1. The van der Waals surface area contributed by atoms with E-state index in [1.54, 1.807) is 0 Å². The molecule has 2 aromatic rings. The normalized spacial score (nSPS) is 13.1. The number of aromatic nitrogens is 2. The Balaban J connectivity index is 2.33. The van der Waals surface area contributed by atoms with Gasteiger partial charge in [0, 0.05) is 13.0 Å². The lowest BCUT2D eigenvalue weighted by molar-refractivity contribution is 0.309. The van der Waals surface area contributed by atoms with Crippen LogP contribution in [0.1, 0.15) is 19.2 Å². The third-order valence-corrected chi connectivity index (χ3v) is 2.93. The molecule has 0 amide bonds. The third-order valence-electron chi connectivity index (χ3n) is 2.93. The van der Waals surface area contributed by atoms with Crippen LogP contribution in [0.4, 0.5) is 4.39 Å². The second-order valence-corrected chi connectivity index (χ2v) is 4.14. The summed E-state index contributed by atoms with van der Waals surface area (Å²) < 4.78 is 15.7. The second kappa shape index (κ2) is 5.27. The van der Waals surface area contributed by atoms with Gasteiger partial charge >= 0.3 is 0 Å². The van der Waals surface area contributed by atoms with Gasteiger partial charge in [0.15, 0.2) is 0 Å². The minimum absolute atomic E-state index is 0.347. The molecule has 0 spiro atoms. The van der Waals surface area contributed by atoms with Crippen molar-refractivity contribution in [2.45, 2.75) is 32.5 Å². The van der Waals surface area contributed by atoms with Gasteiger partial charge in [0.1, 0.15) is 12.0 Å². The first kappa shape index (κ1) is 12.0. The van der Waals surface area contributed by atoms with Crippen LogP contribution in [0.25, 0.3) is 11.0 Å². The molecule has 1 atom stereocenters. The van der Waals surface area contributed by atoms with E-state index in [1.165, 1.54) is 0 Å². The molecule has 0 aliphatic rings. The van der Waals surface area contributed by atoms with Gasteiger partial charge in [-0.3, -0.25) is 0 Å². The molecule has 1 aromatic carbocycles. The van der Waals surface area contributed by atoms with Gasteiger partial charge in [0.2, 0.25) is 0 Å². The van der Waals surface area contributed by atoms with Crippen LogP contribution in [0.2, 0.25) is 0 Å². The van der Waals surface area contributed by atoms with Crippen molar-refractivity contribution in [3.8, 4) is 0 Å². The van der Waals surface area contributed by atoms with Crippen molar-refractivity contribution in [2.75, 3.05) is 6.54 Å². The Morgan fingerprint density at radius 2 is 2.18 bits per heavy atom. The largest absolute Gasteiger partial charge is 0.330 e. The number of alkyl halides is 1. The Morgan fingerprint density at radius 3 is 2.88 bits per heavy atom. The maximum atomic E-state index is 13.6. The lowest BCUT2D eigenvalue weighted by Crippen LogP contribution is -2.14. The van der Waals surface area contributed by atoms with E-state index in [1.807, 2.05) is 31.2 Å². The molecule has 0 saturated carbocycles. The predicted molar refractivity (Wildman–Crippen MR) is 67.7 cm³/mol. The van der Waals surface area contributed by atoms with Crippen molar-refractivity contribution in [3.05, 3.63) is 30.1 Å². The molecule has 92 valence electrons. The van der Waals surface area contributed by atoms with E-state index in [-0.39, 0.29) is 0 Å². The minimum Gasteiger partial charge on any atom is -0.330 e. The summed E-state index contributed by atoms with van der Waals surface area (Å²) in [5.41, 5.74) is 7.37. The molecule has 2 rings (SSSR count). The van der Waals surface area contributed by atoms with Crippen molar-refractivity contribution in [1.29, 1.82) is 0 Å². The van der Waals surface area contributed by atoms with Crippen LogP contribution in [0.5, 0.6) is 0 Å². The molecule has 0 fully saturated rings. The van der Waals surface area contributed by atoms with Crippen LogP contribution in [-0.2, 0) is 13.0 Å². The summed E-state index contributed by atoms with van der Waals surface area (Å²) in [4.78, 5) is 4.49. The van der Waals surface area contributed by atoms with Crippen LogP contribution in [0.15, 0.2) is 24.3 Å². The molecule has 0 aliphatic carbocycles. The number of para-hydroxylation sites is 2. The fourth-order valence-electron chi connectivity index (χ4n) is 2.12. The SMILES string of the molecule is CCn1c(CC(F)CCN)nc2ccccc21. The first-order chi connectivity index (χ1) is 8.26. The predicted octanol–water partition coefficient (Wildman–Crippen LogP) is 2.29. The number of rotatable bonds is 5. The first-order valence-corrected chi connectivity index (χ1v) is 6.04. The maximum Gasteiger partial charge on any atom is 0.112 e. The number of nitrogens with two attached hydrogens (primary N) is 1. The molecule has 0 bridgehead atoms. The average molecular weight is 235 g/mol. The Morgan fingerprint density at radius 1 is 1.41 bits per heavy atom. The van der Waals surface area contributed by atoms with Crippen LogP contribution in [-0.4, -0.2) is 22.3 Å². The smallest absolute Gasteiger partial charge is 0.112 e. The van der Waals surface area contributed by atoms with E-state index in [0.29, 0.717) is 19.4 Å². The maximum absolute atomic E-state index is 13.6. The van der Waals surface area contributed by atoms with E-state index < -0.39 is 6.17 Å².